The zero-order valence-electron chi connectivity index (χ0n) is 11.3. The summed E-state index contributed by atoms with van der Waals surface area (Å²) in [6.07, 6.45) is 1.26. The first kappa shape index (κ1) is 14.1. The van der Waals surface area contributed by atoms with E-state index in [2.05, 4.69) is 5.32 Å². The minimum atomic E-state index is -2.91. The average Bonchev–Trinajstić information content (AvgIpc) is 2.36. The second kappa shape index (κ2) is 5.79. The molecule has 0 fully saturated rings. The van der Waals surface area contributed by atoms with Gasteiger partial charge >= 0.3 is 0 Å². The lowest BCUT2D eigenvalue weighted by Gasteiger charge is -2.24. The molecule has 5 nitrogen and oxygen atoms in total. The van der Waals surface area contributed by atoms with Crippen LogP contribution in [0, 0.1) is 0 Å². The topological polar surface area (TPSA) is 58.6 Å². The summed E-state index contributed by atoms with van der Waals surface area (Å²) in [5.74, 6) is 1.07. The summed E-state index contributed by atoms with van der Waals surface area (Å²) in [6.45, 7) is 2.69. The van der Waals surface area contributed by atoms with Gasteiger partial charge in [0.2, 0.25) is 0 Å². The Labute approximate surface area is 114 Å². The van der Waals surface area contributed by atoms with Crippen LogP contribution in [0.1, 0.15) is 5.56 Å². The van der Waals surface area contributed by atoms with E-state index in [9.17, 15) is 8.42 Å². The summed E-state index contributed by atoms with van der Waals surface area (Å²) in [6, 6.07) is 6.00. The maximum Gasteiger partial charge on any atom is 0.148 e. The van der Waals surface area contributed by atoms with Crippen LogP contribution < -0.4 is 10.1 Å². The molecule has 0 amide bonds. The van der Waals surface area contributed by atoms with Crippen molar-refractivity contribution >= 4 is 15.5 Å². The van der Waals surface area contributed by atoms with Crippen LogP contribution in [-0.4, -0.2) is 52.1 Å². The molecule has 0 unspecified atom stereocenters. The third kappa shape index (κ3) is 4.11. The van der Waals surface area contributed by atoms with Gasteiger partial charge in [-0.3, -0.25) is 0 Å². The maximum absolute atomic E-state index is 11.2. The van der Waals surface area contributed by atoms with Crippen molar-refractivity contribution in [3.8, 4) is 5.75 Å². The Hall–Kier alpha value is -1.27. The van der Waals surface area contributed by atoms with Crippen molar-refractivity contribution in [2.45, 2.75) is 6.54 Å². The van der Waals surface area contributed by atoms with Crippen molar-refractivity contribution in [1.82, 2.24) is 4.90 Å². The van der Waals surface area contributed by atoms with Gasteiger partial charge in [-0.15, -0.1) is 0 Å². The van der Waals surface area contributed by atoms with Crippen molar-refractivity contribution in [1.29, 1.82) is 0 Å². The van der Waals surface area contributed by atoms with Crippen LogP contribution in [0.15, 0.2) is 18.2 Å². The molecular formula is C13H20N2O3S. The van der Waals surface area contributed by atoms with E-state index in [0.717, 1.165) is 23.5 Å². The number of hydrogen-bond donors (Lipinski definition) is 1. The van der Waals surface area contributed by atoms with E-state index in [4.69, 9.17) is 4.74 Å². The highest BCUT2D eigenvalue weighted by molar-refractivity contribution is 7.90. The lowest BCUT2D eigenvalue weighted by atomic mass is 10.1. The smallest absolute Gasteiger partial charge is 0.148 e. The highest BCUT2D eigenvalue weighted by Gasteiger charge is 2.15. The summed E-state index contributed by atoms with van der Waals surface area (Å²) >= 11 is 0. The monoisotopic (exact) mass is 284 g/mol. The molecule has 1 N–H and O–H groups in total. The van der Waals surface area contributed by atoms with E-state index < -0.39 is 9.84 Å². The van der Waals surface area contributed by atoms with Crippen molar-refractivity contribution < 1.29 is 13.2 Å². The van der Waals surface area contributed by atoms with Crippen LogP contribution in [0.3, 0.4) is 0 Å². The molecule has 0 spiro atoms. The number of para-hydroxylation sites is 1. The molecule has 0 aliphatic carbocycles. The van der Waals surface area contributed by atoms with Crippen LogP contribution in [0.4, 0.5) is 5.69 Å². The molecule has 1 aliphatic heterocycles. The van der Waals surface area contributed by atoms with Gasteiger partial charge in [-0.1, -0.05) is 12.1 Å². The largest absolute Gasteiger partial charge is 0.489 e. The van der Waals surface area contributed by atoms with Crippen molar-refractivity contribution in [3.63, 3.8) is 0 Å². The Balaban J connectivity index is 2.03. The molecule has 1 aromatic rings. The minimum absolute atomic E-state index is 0.178. The van der Waals surface area contributed by atoms with Gasteiger partial charge in [-0.2, -0.15) is 0 Å². The quantitative estimate of drug-likeness (QED) is 0.873. The third-order valence-corrected chi connectivity index (χ3v) is 3.97. The normalized spacial score (nSPS) is 14.7. The minimum Gasteiger partial charge on any atom is -0.489 e. The maximum atomic E-state index is 11.2. The van der Waals surface area contributed by atoms with Gasteiger partial charge < -0.3 is 15.0 Å². The number of sulfone groups is 1. The van der Waals surface area contributed by atoms with Gasteiger partial charge in [0.05, 0.1) is 11.4 Å². The van der Waals surface area contributed by atoms with Crippen LogP contribution >= 0.6 is 0 Å². The molecule has 106 valence electrons. The highest BCUT2D eigenvalue weighted by atomic mass is 32.2. The molecule has 6 heteroatoms. The number of fused-ring (bicyclic) bond motifs is 1. The van der Waals surface area contributed by atoms with Gasteiger partial charge in [0.1, 0.15) is 22.2 Å². The van der Waals surface area contributed by atoms with E-state index >= 15 is 0 Å². The Morgan fingerprint density at radius 3 is 2.95 bits per heavy atom. The zero-order chi connectivity index (χ0) is 13.9. The summed E-state index contributed by atoms with van der Waals surface area (Å²) in [5, 5.41) is 3.29. The summed E-state index contributed by atoms with van der Waals surface area (Å²) in [7, 11) is -0.997. The van der Waals surface area contributed by atoms with E-state index in [1.165, 1.54) is 6.26 Å². The van der Waals surface area contributed by atoms with Crippen LogP contribution in [-0.2, 0) is 16.4 Å². The van der Waals surface area contributed by atoms with Gasteiger partial charge in [-0.25, -0.2) is 8.42 Å². The number of ether oxygens (including phenoxy) is 1. The van der Waals surface area contributed by atoms with Gasteiger partial charge in [0, 0.05) is 31.5 Å². The zero-order valence-corrected chi connectivity index (χ0v) is 12.2. The van der Waals surface area contributed by atoms with E-state index in [1.807, 2.05) is 30.1 Å². The molecular weight excluding hydrogens is 264 g/mol. The van der Waals surface area contributed by atoms with Crippen molar-refractivity contribution in [3.05, 3.63) is 23.8 Å². The Morgan fingerprint density at radius 2 is 2.21 bits per heavy atom. The SMILES string of the molecule is CN(CCS(C)(=O)=O)Cc1cccc2c1OCCN2. The number of rotatable bonds is 5. The molecule has 0 atom stereocenters. The Kier molecular flexibility index (Phi) is 4.31. The predicted molar refractivity (Wildman–Crippen MR) is 76.5 cm³/mol. The van der Waals surface area contributed by atoms with Crippen molar-refractivity contribution in [2.75, 3.05) is 44.1 Å². The number of hydrogen-bond acceptors (Lipinski definition) is 5. The Bertz CT molecular complexity index is 543. The van der Waals surface area contributed by atoms with Crippen molar-refractivity contribution in [2.24, 2.45) is 0 Å². The van der Waals surface area contributed by atoms with Crippen LogP contribution in [0.25, 0.3) is 0 Å². The molecule has 1 heterocycles. The fourth-order valence-corrected chi connectivity index (χ4v) is 2.69. The third-order valence-electron chi connectivity index (χ3n) is 3.04. The first-order chi connectivity index (χ1) is 8.96. The number of benzene rings is 1. The molecule has 0 radical (unpaired) electrons. The predicted octanol–water partition coefficient (Wildman–Crippen LogP) is 0.967. The Morgan fingerprint density at radius 1 is 1.42 bits per heavy atom. The van der Waals surface area contributed by atoms with Gasteiger partial charge in [-0.05, 0) is 13.1 Å². The summed E-state index contributed by atoms with van der Waals surface area (Å²) in [4.78, 5) is 1.99. The molecule has 19 heavy (non-hydrogen) atoms. The molecule has 0 saturated carbocycles. The second-order valence-electron chi connectivity index (χ2n) is 4.94. The van der Waals surface area contributed by atoms with E-state index in [1.54, 1.807) is 0 Å². The first-order valence-corrected chi connectivity index (χ1v) is 8.36. The molecule has 0 bridgehead atoms. The van der Waals surface area contributed by atoms with Crippen LogP contribution in [0.5, 0.6) is 5.75 Å². The van der Waals surface area contributed by atoms with E-state index in [0.29, 0.717) is 19.7 Å². The average molecular weight is 284 g/mol. The summed E-state index contributed by atoms with van der Waals surface area (Å²) < 4.78 is 28.0. The molecule has 0 saturated heterocycles. The number of nitrogens with one attached hydrogen (secondary N) is 1. The number of anilines is 1. The van der Waals surface area contributed by atoms with Gasteiger partial charge in [0.25, 0.3) is 0 Å². The molecule has 1 aliphatic rings. The second-order valence-corrected chi connectivity index (χ2v) is 7.20. The summed E-state index contributed by atoms with van der Waals surface area (Å²) in [5.41, 5.74) is 2.10. The first-order valence-electron chi connectivity index (χ1n) is 6.30. The van der Waals surface area contributed by atoms with E-state index in [-0.39, 0.29) is 5.75 Å². The standard InChI is InChI=1S/C13H20N2O3S/c1-15(7-9-19(2,16)17)10-11-4-3-5-12-13(11)18-8-6-14-12/h3-5,14H,6-10H2,1-2H3. The fourth-order valence-electron chi connectivity index (χ4n) is 2.05. The molecule has 0 aromatic heterocycles. The molecule has 2 rings (SSSR count). The van der Waals surface area contributed by atoms with Crippen LogP contribution in [0.2, 0.25) is 0 Å². The lowest BCUT2D eigenvalue weighted by Crippen LogP contribution is -2.26. The number of nitrogens with zero attached hydrogens (tertiary/aromatic N) is 1. The van der Waals surface area contributed by atoms with Gasteiger partial charge in [0.15, 0.2) is 0 Å². The highest BCUT2D eigenvalue weighted by Crippen LogP contribution is 2.31. The fraction of sp³-hybridized carbons (Fsp3) is 0.538. The molecule has 1 aromatic carbocycles. The lowest BCUT2D eigenvalue weighted by molar-refractivity contribution is 0.301.